The van der Waals surface area contributed by atoms with E-state index in [0.29, 0.717) is 24.6 Å². The molecule has 2 rings (SSSR count). The van der Waals surface area contributed by atoms with Gasteiger partial charge in [0.2, 0.25) is 9.84 Å². The fourth-order valence-electron chi connectivity index (χ4n) is 1.78. The van der Waals surface area contributed by atoms with Gasteiger partial charge in [-0.3, -0.25) is 0 Å². The van der Waals surface area contributed by atoms with Crippen molar-refractivity contribution in [3.8, 4) is 0 Å². The van der Waals surface area contributed by atoms with Crippen LogP contribution in [0, 0.1) is 13.8 Å². The number of hydrogen-bond donors (Lipinski definition) is 1. The Kier molecular flexibility index (Phi) is 3.51. The van der Waals surface area contributed by atoms with Crippen LogP contribution in [0.3, 0.4) is 0 Å². The molecule has 0 aromatic heterocycles. The van der Waals surface area contributed by atoms with E-state index >= 15 is 0 Å². The standard InChI is InChI=1S/C12H17NO3S/c1-9-3-4-11(7-10(9)2)17(14,15)12-8-13-5-6-16-12/h3-4,7,12-13H,5-6,8H2,1-2H3. The summed E-state index contributed by atoms with van der Waals surface area (Å²) in [5.41, 5.74) is 1.31. The molecule has 1 heterocycles. The van der Waals surface area contributed by atoms with Gasteiger partial charge in [0.15, 0.2) is 5.44 Å². The van der Waals surface area contributed by atoms with Gasteiger partial charge in [0, 0.05) is 13.1 Å². The van der Waals surface area contributed by atoms with Crippen molar-refractivity contribution >= 4 is 9.84 Å². The largest absolute Gasteiger partial charge is 0.359 e. The Hall–Kier alpha value is -0.910. The molecule has 0 saturated carbocycles. The monoisotopic (exact) mass is 255 g/mol. The van der Waals surface area contributed by atoms with Gasteiger partial charge in [-0.05, 0) is 37.1 Å². The van der Waals surface area contributed by atoms with Gasteiger partial charge < -0.3 is 10.1 Å². The second-order valence-corrected chi connectivity index (χ2v) is 6.38. The van der Waals surface area contributed by atoms with Crippen LogP contribution in [0.4, 0.5) is 0 Å². The number of ether oxygens (including phenoxy) is 1. The predicted molar refractivity (Wildman–Crippen MR) is 65.7 cm³/mol. The molecule has 1 fully saturated rings. The van der Waals surface area contributed by atoms with Crippen LogP contribution < -0.4 is 5.32 Å². The average Bonchev–Trinajstić information content (AvgIpc) is 2.33. The van der Waals surface area contributed by atoms with Crippen molar-refractivity contribution in [1.82, 2.24) is 5.32 Å². The number of nitrogens with one attached hydrogen (secondary N) is 1. The average molecular weight is 255 g/mol. The minimum absolute atomic E-state index is 0.342. The predicted octanol–water partition coefficient (Wildman–Crippen LogP) is 1.02. The molecule has 1 aliphatic rings. The third kappa shape index (κ3) is 2.51. The zero-order valence-corrected chi connectivity index (χ0v) is 10.9. The lowest BCUT2D eigenvalue weighted by Gasteiger charge is -2.23. The first kappa shape index (κ1) is 12.5. The molecule has 17 heavy (non-hydrogen) atoms. The normalized spacial score (nSPS) is 21.4. The summed E-state index contributed by atoms with van der Waals surface area (Å²) in [7, 11) is -3.39. The summed E-state index contributed by atoms with van der Waals surface area (Å²) in [6.07, 6.45) is 0. The van der Waals surface area contributed by atoms with Crippen molar-refractivity contribution in [3.63, 3.8) is 0 Å². The van der Waals surface area contributed by atoms with E-state index in [-0.39, 0.29) is 0 Å². The molecule has 0 amide bonds. The molecule has 0 radical (unpaired) electrons. The van der Waals surface area contributed by atoms with Gasteiger partial charge in [0.05, 0.1) is 11.5 Å². The lowest BCUT2D eigenvalue weighted by Crippen LogP contribution is -2.43. The van der Waals surface area contributed by atoms with Gasteiger partial charge in [0.1, 0.15) is 0 Å². The van der Waals surface area contributed by atoms with Crippen LogP contribution in [0.2, 0.25) is 0 Å². The number of sulfone groups is 1. The number of benzene rings is 1. The van der Waals surface area contributed by atoms with E-state index in [0.717, 1.165) is 11.1 Å². The van der Waals surface area contributed by atoms with Crippen molar-refractivity contribution in [1.29, 1.82) is 0 Å². The van der Waals surface area contributed by atoms with E-state index in [1.54, 1.807) is 12.1 Å². The smallest absolute Gasteiger partial charge is 0.206 e. The topological polar surface area (TPSA) is 55.4 Å². The molecule has 1 unspecified atom stereocenters. The lowest BCUT2D eigenvalue weighted by molar-refractivity contribution is 0.0785. The fourth-order valence-corrected chi connectivity index (χ4v) is 3.30. The Labute approximate surface area is 102 Å². The molecule has 1 aromatic rings. The highest BCUT2D eigenvalue weighted by atomic mass is 32.2. The summed E-state index contributed by atoms with van der Waals surface area (Å²) in [5, 5.41) is 3.03. The van der Waals surface area contributed by atoms with E-state index < -0.39 is 15.3 Å². The van der Waals surface area contributed by atoms with Crippen LogP contribution in [0.15, 0.2) is 23.1 Å². The van der Waals surface area contributed by atoms with Crippen LogP contribution in [-0.4, -0.2) is 33.6 Å². The SMILES string of the molecule is Cc1ccc(S(=O)(=O)C2CNCCO2)cc1C. The molecule has 0 bridgehead atoms. The van der Waals surface area contributed by atoms with E-state index in [9.17, 15) is 8.42 Å². The van der Waals surface area contributed by atoms with Crippen LogP contribution in [0.1, 0.15) is 11.1 Å². The first-order chi connectivity index (χ1) is 8.01. The van der Waals surface area contributed by atoms with Gasteiger partial charge in [-0.1, -0.05) is 6.07 Å². The van der Waals surface area contributed by atoms with Crippen LogP contribution in [0.25, 0.3) is 0 Å². The molecule has 1 atom stereocenters. The Morgan fingerprint density at radius 1 is 1.29 bits per heavy atom. The fraction of sp³-hybridized carbons (Fsp3) is 0.500. The van der Waals surface area contributed by atoms with Crippen LogP contribution in [0.5, 0.6) is 0 Å². The van der Waals surface area contributed by atoms with Crippen LogP contribution in [-0.2, 0) is 14.6 Å². The summed E-state index contributed by atoms with van der Waals surface area (Å²) < 4.78 is 29.9. The van der Waals surface area contributed by atoms with Crippen LogP contribution >= 0.6 is 0 Å². The maximum atomic E-state index is 12.3. The van der Waals surface area contributed by atoms with E-state index in [1.165, 1.54) is 0 Å². The van der Waals surface area contributed by atoms with Crippen molar-refractivity contribution in [2.45, 2.75) is 24.2 Å². The second-order valence-electron chi connectivity index (χ2n) is 4.30. The zero-order chi connectivity index (χ0) is 12.5. The minimum Gasteiger partial charge on any atom is -0.359 e. The minimum atomic E-state index is -3.39. The quantitative estimate of drug-likeness (QED) is 0.857. The Bertz CT molecular complexity index is 504. The summed E-state index contributed by atoms with van der Waals surface area (Å²) in [6.45, 7) is 5.38. The van der Waals surface area contributed by atoms with Gasteiger partial charge in [-0.25, -0.2) is 8.42 Å². The lowest BCUT2D eigenvalue weighted by atomic mass is 10.1. The first-order valence-electron chi connectivity index (χ1n) is 5.65. The highest BCUT2D eigenvalue weighted by Crippen LogP contribution is 2.20. The molecule has 1 aromatic carbocycles. The van der Waals surface area contributed by atoms with E-state index in [2.05, 4.69) is 5.32 Å². The van der Waals surface area contributed by atoms with Crippen molar-refractivity contribution < 1.29 is 13.2 Å². The molecular weight excluding hydrogens is 238 g/mol. The van der Waals surface area contributed by atoms with Gasteiger partial charge in [-0.2, -0.15) is 0 Å². The third-order valence-corrected chi connectivity index (χ3v) is 4.95. The summed E-state index contributed by atoms with van der Waals surface area (Å²) in [6, 6.07) is 5.19. The first-order valence-corrected chi connectivity index (χ1v) is 7.20. The van der Waals surface area contributed by atoms with Gasteiger partial charge >= 0.3 is 0 Å². The molecule has 0 aliphatic carbocycles. The number of hydrogen-bond acceptors (Lipinski definition) is 4. The highest BCUT2D eigenvalue weighted by molar-refractivity contribution is 7.92. The Morgan fingerprint density at radius 2 is 2.06 bits per heavy atom. The molecule has 1 aliphatic heterocycles. The molecule has 5 heteroatoms. The van der Waals surface area contributed by atoms with E-state index in [1.807, 2.05) is 19.9 Å². The number of rotatable bonds is 2. The van der Waals surface area contributed by atoms with Crippen molar-refractivity contribution in [2.24, 2.45) is 0 Å². The second kappa shape index (κ2) is 4.76. The van der Waals surface area contributed by atoms with Gasteiger partial charge in [-0.15, -0.1) is 0 Å². The molecule has 1 N–H and O–H groups in total. The molecule has 1 saturated heterocycles. The maximum Gasteiger partial charge on any atom is 0.206 e. The molecule has 4 nitrogen and oxygen atoms in total. The zero-order valence-electron chi connectivity index (χ0n) is 10.1. The number of aryl methyl sites for hydroxylation is 2. The molecule has 0 spiro atoms. The Balaban J connectivity index is 2.33. The highest BCUT2D eigenvalue weighted by Gasteiger charge is 2.29. The maximum absolute atomic E-state index is 12.3. The summed E-state index contributed by atoms with van der Waals surface area (Å²) >= 11 is 0. The molecular formula is C12H17NO3S. The van der Waals surface area contributed by atoms with E-state index in [4.69, 9.17) is 4.74 Å². The number of morpholine rings is 1. The third-order valence-electron chi connectivity index (χ3n) is 3.05. The Morgan fingerprint density at radius 3 is 2.65 bits per heavy atom. The van der Waals surface area contributed by atoms with Crippen molar-refractivity contribution in [3.05, 3.63) is 29.3 Å². The molecule has 94 valence electrons. The summed E-state index contributed by atoms with van der Waals surface area (Å²) in [5.74, 6) is 0. The van der Waals surface area contributed by atoms with Gasteiger partial charge in [0.25, 0.3) is 0 Å². The van der Waals surface area contributed by atoms with Crippen molar-refractivity contribution in [2.75, 3.05) is 19.7 Å². The summed E-state index contributed by atoms with van der Waals surface area (Å²) in [4.78, 5) is 0.342.